The van der Waals surface area contributed by atoms with Gasteiger partial charge < -0.3 is 17.8 Å². The largest absolute Gasteiger partial charge is 0.456 e. The average molecular weight is 1350 g/mol. The highest BCUT2D eigenvalue weighted by Gasteiger charge is 2.23. The summed E-state index contributed by atoms with van der Waals surface area (Å²) in [4.78, 5) is 30.9. The molecule has 16 aromatic carbocycles. The van der Waals surface area contributed by atoms with Gasteiger partial charge in [-0.15, -0.1) is 0 Å². The van der Waals surface area contributed by atoms with Crippen molar-refractivity contribution in [3.63, 3.8) is 0 Å². The lowest BCUT2D eigenvalue weighted by atomic mass is 9.91. The number of furan rings is 3. The molecule has 0 atom stereocenters. The van der Waals surface area contributed by atoms with Crippen molar-refractivity contribution in [2.45, 2.75) is 0 Å². The lowest BCUT2D eigenvalue weighted by Gasteiger charge is -2.12. The summed E-state index contributed by atoms with van der Waals surface area (Å²) < 4.78 is 22.6. The Hall–Kier alpha value is -14.5. The van der Waals surface area contributed by atoms with Crippen molar-refractivity contribution in [2.75, 3.05) is 0 Å². The minimum atomic E-state index is 0.521. The van der Waals surface area contributed by atoms with Crippen molar-refractivity contribution >= 4 is 120 Å². The molecule has 106 heavy (non-hydrogen) atoms. The van der Waals surface area contributed by atoms with E-state index in [4.69, 9.17) is 43.2 Å². The van der Waals surface area contributed by atoms with Crippen LogP contribution in [0.5, 0.6) is 0 Å². The van der Waals surface area contributed by atoms with Crippen LogP contribution in [-0.2, 0) is 0 Å². The van der Waals surface area contributed by atoms with Gasteiger partial charge in [0.05, 0.1) is 11.0 Å². The quantitative estimate of drug-likeness (QED) is 0.123. The van der Waals surface area contributed by atoms with Gasteiger partial charge in [-0.1, -0.05) is 243 Å². The Morgan fingerprint density at radius 1 is 0.179 bits per heavy atom. The molecule has 10 heteroatoms. The van der Waals surface area contributed by atoms with E-state index in [1.807, 2.05) is 78.9 Å². The van der Waals surface area contributed by atoms with Crippen molar-refractivity contribution in [1.29, 1.82) is 0 Å². The summed E-state index contributed by atoms with van der Waals surface area (Å²) >= 11 is 0. The van der Waals surface area contributed by atoms with Crippen LogP contribution in [0.15, 0.2) is 347 Å². The van der Waals surface area contributed by atoms with Crippen LogP contribution in [0.25, 0.3) is 227 Å². The van der Waals surface area contributed by atoms with Crippen LogP contribution in [0, 0.1) is 0 Å². The van der Waals surface area contributed by atoms with Gasteiger partial charge in [0.2, 0.25) is 0 Å². The molecule has 22 rings (SSSR count). The summed E-state index contributed by atoms with van der Waals surface area (Å²) in [6, 6.07) is 117. The highest BCUT2D eigenvalue weighted by Crippen LogP contribution is 2.45. The van der Waals surface area contributed by atoms with Gasteiger partial charge in [-0.05, 0) is 157 Å². The maximum Gasteiger partial charge on any atom is 0.164 e. The smallest absolute Gasteiger partial charge is 0.164 e. The van der Waals surface area contributed by atoms with E-state index in [0.717, 1.165) is 138 Å². The lowest BCUT2D eigenvalue weighted by Crippen LogP contribution is -2.00. The highest BCUT2D eigenvalue weighted by molar-refractivity contribution is 6.26. The third-order valence-electron chi connectivity index (χ3n) is 21.1. The number of benzene rings is 16. The summed E-state index contributed by atoms with van der Waals surface area (Å²) in [5.74, 6) is 3.27. The average Bonchev–Trinajstić information content (AvgIpc) is 1.71. The summed E-state index contributed by atoms with van der Waals surface area (Å²) in [6.07, 6.45) is 0. The predicted octanol–water partition coefficient (Wildman–Crippen LogP) is 25.3. The number of hydrogen-bond acceptors (Lipinski definition) is 9. The van der Waals surface area contributed by atoms with Crippen LogP contribution in [0.2, 0.25) is 0 Å². The van der Waals surface area contributed by atoms with Gasteiger partial charge >= 0.3 is 0 Å². The van der Waals surface area contributed by atoms with E-state index >= 15 is 0 Å². The molecule has 0 fully saturated rings. The first kappa shape index (κ1) is 59.2. The number of nitrogens with zero attached hydrogens (tertiary/aromatic N) is 7. The molecule has 0 bridgehead atoms. The highest BCUT2D eigenvalue weighted by atomic mass is 16.3. The van der Waals surface area contributed by atoms with Gasteiger partial charge in [0.15, 0.2) is 34.9 Å². The number of para-hydroxylation sites is 1. The van der Waals surface area contributed by atoms with Gasteiger partial charge in [-0.3, -0.25) is 0 Å². The fourth-order valence-corrected chi connectivity index (χ4v) is 16.1. The Morgan fingerprint density at radius 3 is 1.14 bits per heavy atom. The Balaban J connectivity index is 0.573. The molecule has 0 N–H and O–H groups in total. The molecule has 0 unspecified atom stereocenters. The monoisotopic (exact) mass is 1350 g/mol. The van der Waals surface area contributed by atoms with E-state index in [2.05, 4.69) is 259 Å². The number of hydrogen-bond donors (Lipinski definition) is 0. The topological polar surface area (TPSA) is 122 Å². The Kier molecular flexibility index (Phi) is 13.2. The summed E-state index contributed by atoms with van der Waals surface area (Å²) in [6.45, 7) is 0. The molecule has 0 aliphatic rings. The fraction of sp³-hybridized carbons (Fsp3) is 0. The molecule has 22 aromatic rings. The first-order valence-electron chi connectivity index (χ1n) is 35.5. The molecule has 0 saturated carbocycles. The van der Waals surface area contributed by atoms with E-state index in [1.54, 1.807) is 0 Å². The molecule has 0 saturated heterocycles. The van der Waals surface area contributed by atoms with Crippen molar-refractivity contribution in [3.8, 4) is 107 Å². The molecular formula is C96H55N7O3. The van der Waals surface area contributed by atoms with Crippen LogP contribution in [0.1, 0.15) is 0 Å². The molecule has 6 aromatic heterocycles. The van der Waals surface area contributed by atoms with Crippen LogP contribution in [0.3, 0.4) is 0 Å². The summed E-state index contributed by atoms with van der Waals surface area (Å²) in [5.41, 5.74) is 19.6. The number of rotatable bonds is 10. The molecule has 0 aliphatic heterocycles. The molecule has 0 radical (unpaired) electrons. The minimum absolute atomic E-state index is 0.521. The van der Waals surface area contributed by atoms with Gasteiger partial charge in [0.25, 0.3) is 0 Å². The molecule has 0 aliphatic carbocycles. The SMILES string of the molecule is c1ccc(-c2nc(-c3ccc(-c4ccc5c(c4)oc4cc(-c6nc(-c7ccccc7)nc(-c7ccc8c(c7)oc7cccc(-c9ccc%10c%11ccccc%11c%11ccccc%11c%10c9)c78)n6)ccc45)cc3)nc(-c3ccc4c(c3)oc3ccc(-n5c6ccccc6c6c(-c7ccccc7)cccc65)cc34)n2)cc1. The number of aromatic nitrogens is 7. The van der Waals surface area contributed by atoms with Gasteiger partial charge in [0, 0.05) is 82.2 Å². The van der Waals surface area contributed by atoms with Gasteiger partial charge in [-0.2, -0.15) is 0 Å². The van der Waals surface area contributed by atoms with Gasteiger partial charge in [-0.25, -0.2) is 29.9 Å². The summed E-state index contributed by atoms with van der Waals surface area (Å²) in [7, 11) is 0. The van der Waals surface area contributed by atoms with Gasteiger partial charge in [0.1, 0.15) is 33.5 Å². The zero-order valence-corrected chi connectivity index (χ0v) is 56.6. The van der Waals surface area contributed by atoms with Crippen molar-refractivity contribution in [1.82, 2.24) is 34.5 Å². The predicted molar refractivity (Wildman–Crippen MR) is 431 cm³/mol. The Bertz CT molecular complexity index is 7350. The zero-order chi connectivity index (χ0) is 69.5. The lowest BCUT2D eigenvalue weighted by molar-refractivity contribution is 0.668. The van der Waals surface area contributed by atoms with E-state index in [-0.39, 0.29) is 0 Å². The van der Waals surface area contributed by atoms with Crippen LogP contribution < -0.4 is 0 Å². The van der Waals surface area contributed by atoms with Crippen LogP contribution in [-0.4, -0.2) is 34.5 Å². The normalized spacial score (nSPS) is 12.0. The first-order valence-corrected chi connectivity index (χ1v) is 35.5. The number of fused-ring (bicyclic) bond motifs is 18. The molecule has 492 valence electrons. The van der Waals surface area contributed by atoms with Crippen molar-refractivity contribution in [3.05, 3.63) is 334 Å². The first-order chi connectivity index (χ1) is 52.5. The summed E-state index contributed by atoms with van der Waals surface area (Å²) in [5, 5.41) is 16.0. The van der Waals surface area contributed by atoms with E-state index in [0.29, 0.717) is 34.9 Å². The van der Waals surface area contributed by atoms with Crippen molar-refractivity contribution in [2.24, 2.45) is 0 Å². The molecule has 6 heterocycles. The third-order valence-corrected chi connectivity index (χ3v) is 21.1. The maximum absolute atomic E-state index is 6.78. The van der Waals surface area contributed by atoms with E-state index in [1.165, 1.54) is 54.2 Å². The van der Waals surface area contributed by atoms with Crippen LogP contribution in [0.4, 0.5) is 0 Å². The fourth-order valence-electron chi connectivity index (χ4n) is 16.1. The molecule has 0 spiro atoms. The molecule has 0 amide bonds. The van der Waals surface area contributed by atoms with Crippen LogP contribution >= 0.6 is 0 Å². The third kappa shape index (κ3) is 9.59. The second-order valence-corrected chi connectivity index (χ2v) is 27.2. The van der Waals surface area contributed by atoms with E-state index in [9.17, 15) is 0 Å². The minimum Gasteiger partial charge on any atom is -0.456 e. The second kappa shape index (κ2) is 23.5. The zero-order valence-electron chi connectivity index (χ0n) is 56.6. The maximum atomic E-state index is 6.78. The molecule has 10 nitrogen and oxygen atoms in total. The Labute approximate surface area is 605 Å². The standard InChI is InChI=1S/C96H55N7O3/c1-4-18-57(19-5-1)67-29-16-32-82-89(67)77-28-14-15-31-81(77)103(82)66-43-49-83-80(55-66)76-47-41-64(53-87(76)104-83)94-98-91(58-20-6-2-7-21-58)97-93(101-94)60-36-34-56(35-37-60)61-38-45-74-75-46-40-63(52-86(75)106-85(74)51-61)95-99-92(59-22-8-3-9-23-59)100-96(102-95)65-42-48-78-88(54-65)105-84-33-17-30-68(90(78)84)62-39-44-73-71-26-11-10-24-69(71)70-25-12-13-27-72(70)79(73)50-62/h1-55H. The van der Waals surface area contributed by atoms with Crippen molar-refractivity contribution < 1.29 is 13.3 Å². The van der Waals surface area contributed by atoms with E-state index < -0.39 is 0 Å². The Morgan fingerprint density at radius 2 is 0.557 bits per heavy atom. The second-order valence-electron chi connectivity index (χ2n) is 27.2. The molecular weight excluding hydrogens is 1300 g/mol.